The molecule has 0 aliphatic carbocycles. The van der Waals surface area contributed by atoms with Gasteiger partial charge in [-0.2, -0.15) is 0 Å². The summed E-state index contributed by atoms with van der Waals surface area (Å²) in [7, 11) is 0. The van der Waals surface area contributed by atoms with Gasteiger partial charge in [0, 0.05) is 48.4 Å². The summed E-state index contributed by atoms with van der Waals surface area (Å²) in [5, 5.41) is 3.89. The highest BCUT2D eigenvalue weighted by atomic mass is 35.5. The van der Waals surface area contributed by atoms with Crippen LogP contribution in [0.2, 0.25) is 5.02 Å². The lowest BCUT2D eigenvalue weighted by atomic mass is 9.83. The van der Waals surface area contributed by atoms with Crippen LogP contribution in [-0.2, 0) is 11.3 Å². The number of hydrogen-bond donors (Lipinski definition) is 1. The largest absolute Gasteiger partial charge is 0.348 e. The molecule has 0 unspecified atom stereocenters. The Balaban J connectivity index is 1.40. The van der Waals surface area contributed by atoms with Gasteiger partial charge in [0.15, 0.2) is 5.11 Å². The molecule has 4 rings (SSSR count). The predicted octanol–water partition coefficient (Wildman–Crippen LogP) is 3.04. The third-order valence-corrected chi connectivity index (χ3v) is 5.91. The molecule has 2 aliphatic heterocycles. The molecule has 5 nitrogen and oxygen atoms in total. The van der Waals surface area contributed by atoms with Crippen molar-refractivity contribution in [1.82, 2.24) is 14.8 Å². The van der Waals surface area contributed by atoms with E-state index in [4.69, 9.17) is 23.8 Å². The molecule has 2 bridgehead atoms. The van der Waals surface area contributed by atoms with Crippen LogP contribution in [0.25, 0.3) is 6.08 Å². The number of amides is 1. The maximum Gasteiger partial charge on any atom is 0.250 e. The lowest BCUT2D eigenvalue weighted by molar-refractivity contribution is -0.115. The number of nitrogens with one attached hydrogen (secondary N) is 1. The van der Waals surface area contributed by atoms with E-state index in [2.05, 4.69) is 5.32 Å². The van der Waals surface area contributed by atoms with Crippen LogP contribution in [0.5, 0.6) is 0 Å². The number of piperidine rings is 1. The van der Waals surface area contributed by atoms with E-state index in [9.17, 15) is 9.59 Å². The summed E-state index contributed by atoms with van der Waals surface area (Å²) in [5.41, 5.74) is 2.01. The van der Waals surface area contributed by atoms with E-state index in [1.807, 2.05) is 33.7 Å². The molecule has 1 saturated heterocycles. The van der Waals surface area contributed by atoms with E-state index in [1.54, 1.807) is 24.3 Å². The van der Waals surface area contributed by atoms with Crippen LogP contribution < -0.4 is 10.9 Å². The number of benzene rings is 1. The Hall–Kier alpha value is -2.44. The number of likely N-dealkylation sites (tertiary alicyclic amines) is 1. The summed E-state index contributed by atoms with van der Waals surface area (Å²) in [6, 6.07) is 12.7. The minimum Gasteiger partial charge on any atom is -0.348 e. The predicted molar refractivity (Wildman–Crippen MR) is 114 cm³/mol. The highest BCUT2D eigenvalue weighted by Gasteiger charge is 2.35. The molecule has 1 N–H and O–H groups in total. The molecular formula is C21H20ClN3O2S. The number of fused-ring (bicyclic) bond motifs is 4. The zero-order chi connectivity index (χ0) is 19.7. The first-order chi connectivity index (χ1) is 13.5. The van der Waals surface area contributed by atoms with Crippen LogP contribution in [0.4, 0.5) is 0 Å². The van der Waals surface area contributed by atoms with Gasteiger partial charge in [-0.1, -0.05) is 29.8 Å². The maximum absolute atomic E-state index is 12.2. The molecule has 0 saturated carbocycles. The molecule has 2 atom stereocenters. The topological polar surface area (TPSA) is 54.3 Å². The molecule has 144 valence electrons. The fraction of sp³-hybridized carbons (Fsp3) is 0.286. The van der Waals surface area contributed by atoms with Gasteiger partial charge in [0.2, 0.25) is 5.91 Å². The number of aromatic nitrogens is 1. The Morgan fingerprint density at radius 3 is 2.71 bits per heavy atom. The number of pyridine rings is 1. The van der Waals surface area contributed by atoms with E-state index in [0.717, 1.165) is 24.2 Å². The third kappa shape index (κ3) is 4.03. The molecule has 1 fully saturated rings. The summed E-state index contributed by atoms with van der Waals surface area (Å²) in [5.74, 6) is 0.346. The Kier molecular flexibility index (Phi) is 5.33. The van der Waals surface area contributed by atoms with Crippen molar-refractivity contribution in [2.45, 2.75) is 18.9 Å². The first-order valence-electron chi connectivity index (χ1n) is 9.23. The monoisotopic (exact) mass is 413 g/mol. The zero-order valence-corrected chi connectivity index (χ0v) is 16.7. The van der Waals surface area contributed by atoms with Crippen LogP contribution in [0, 0.1) is 5.92 Å². The Morgan fingerprint density at radius 2 is 1.93 bits per heavy atom. The second-order valence-corrected chi connectivity index (χ2v) is 8.11. The summed E-state index contributed by atoms with van der Waals surface area (Å²) in [6.07, 6.45) is 4.24. The molecule has 1 amide bonds. The van der Waals surface area contributed by atoms with Gasteiger partial charge < -0.3 is 9.47 Å². The Labute approximate surface area is 173 Å². The van der Waals surface area contributed by atoms with Crippen molar-refractivity contribution in [2.75, 3.05) is 13.1 Å². The SMILES string of the molecule is O=C(/C=C/c1ccc(Cl)cc1)NC(=S)N1C[C@H]2C[C@@H](C1)c1cccc(=O)n1C2. The highest BCUT2D eigenvalue weighted by Crippen LogP contribution is 2.34. The standard InChI is InChI=1S/C21H20ClN3O2S/c22-17-7-4-14(5-8-17)6-9-19(26)23-21(28)24-11-15-10-16(13-24)18-2-1-3-20(27)25(18)12-15/h1-9,15-16H,10-13H2,(H,23,26,28)/b9-6+/t15-,16+/m1/s1. The molecule has 2 aliphatic rings. The molecule has 28 heavy (non-hydrogen) atoms. The van der Waals surface area contributed by atoms with Gasteiger partial charge in [0.05, 0.1) is 0 Å². The van der Waals surface area contributed by atoms with E-state index in [0.29, 0.717) is 29.1 Å². The van der Waals surface area contributed by atoms with E-state index in [-0.39, 0.29) is 17.4 Å². The molecule has 3 heterocycles. The average Bonchev–Trinajstić information content (AvgIpc) is 2.68. The molecular weight excluding hydrogens is 394 g/mol. The number of rotatable bonds is 2. The van der Waals surface area contributed by atoms with Crippen LogP contribution in [0.15, 0.2) is 53.3 Å². The second-order valence-electron chi connectivity index (χ2n) is 7.28. The van der Waals surface area contributed by atoms with E-state index < -0.39 is 0 Å². The van der Waals surface area contributed by atoms with Gasteiger partial charge in [-0.15, -0.1) is 0 Å². The van der Waals surface area contributed by atoms with Crippen LogP contribution >= 0.6 is 23.8 Å². The van der Waals surface area contributed by atoms with Crippen molar-refractivity contribution in [1.29, 1.82) is 0 Å². The van der Waals surface area contributed by atoms with Crippen LogP contribution in [0.3, 0.4) is 0 Å². The van der Waals surface area contributed by atoms with Crippen molar-refractivity contribution < 1.29 is 4.79 Å². The van der Waals surface area contributed by atoms with Crippen molar-refractivity contribution in [3.8, 4) is 0 Å². The minimum atomic E-state index is -0.257. The number of nitrogens with zero attached hydrogens (tertiary/aromatic N) is 2. The molecule has 2 aromatic rings. The fourth-order valence-corrected chi connectivity index (χ4v) is 4.41. The molecule has 1 aromatic carbocycles. The fourth-order valence-electron chi connectivity index (χ4n) is 4.03. The Bertz CT molecular complexity index is 999. The minimum absolute atomic E-state index is 0.0591. The van der Waals surface area contributed by atoms with Crippen LogP contribution in [0.1, 0.15) is 23.6 Å². The molecule has 0 radical (unpaired) electrons. The van der Waals surface area contributed by atoms with Gasteiger partial charge in [0.1, 0.15) is 0 Å². The van der Waals surface area contributed by atoms with Crippen molar-refractivity contribution in [3.05, 3.63) is 75.2 Å². The molecule has 0 spiro atoms. The summed E-state index contributed by atoms with van der Waals surface area (Å²) >= 11 is 11.3. The normalized spacial score (nSPS) is 20.7. The molecule has 7 heteroatoms. The van der Waals surface area contributed by atoms with Gasteiger partial charge in [-0.3, -0.25) is 14.9 Å². The third-order valence-electron chi connectivity index (χ3n) is 5.29. The number of thiocarbonyl (C=S) groups is 1. The second kappa shape index (κ2) is 7.89. The van der Waals surface area contributed by atoms with Gasteiger partial charge in [-0.25, -0.2) is 0 Å². The zero-order valence-electron chi connectivity index (χ0n) is 15.2. The van der Waals surface area contributed by atoms with Gasteiger partial charge in [-0.05, 0) is 54.4 Å². The summed E-state index contributed by atoms with van der Waals surface area (Å²) in [6.45, 7) is 2.16. The van der Waals surface area contributed by atoms with Gasteiger partial charge in [0.25, 0.3) is 5.56 Å². The van der Waals surface area contributed by atoms with Crippen molar-refractivity contribution in [3.63, 3.8) is 0 Å². The van der Waals surface area contributed by atoms with E-state index in [1.165, 1.54) is 6.08 Å². The van der Waals surface area contributed by atoms with Crippen molar-refractivity contribution >= 4 is 40.9 Å². The average molecular weight is 414 g/mol. The number of hydrogen-bond acceptors (Lipinski definition) is 3. The smallest absolute Gasteiger partial charge is 0.250 e. The molecule has 1 aromatic heterocycles. The quantitative estimate of drug-likeness (QED) is 0.607. The number of carbonyl (C=O) groups excluding carboxylic acids is 1. The number of halogens is 1. The van der Waals surface area contributed by atoms with E-state index >= 15 is 0 Å². The summed E-state index contributed by atoms with van der Waals surface area (Å²) in [4.78, 5) is 26.4. The van der Waals surface area contributed by atoms with Crippen LogP contribution in [-0.4, -0.2) is 33.6 Å². The lowest BCUT2D eigenvalue weighted by Gasteiger charge is -2.43. The lowest BCUT2D eigenvalue weighted by Crippen LogP contribution is -2.52. The number of carbonyl (C=O) groups is 1. The van der Waals surface area contributed by atoms with Gasteiger partial charge >= 0.3 is 0 Å². The highest BCUT2D eigenvalue weighted by molar-refractivity contribution is 7.80. The Morgan fingerprint density at radius 1 is 1.14 bits per heavy atom. The maximum atomic E-state index is 12.2. The summed E-state index contributed by atoms with van der Waals surface area (Å²) < 4.78 is 1.88. The first kappa shape index (κ1) is 18.9. The van der Waals surface area contributed by atoms with Crippen molar-refractivity contribution in [2.24, 2.45) is 5.92 Å². The first-order valence-corrected chi connectivity index (χ1v) is 10.0.